The molecule has 2 aromatic heterocycles. The molecule has 2 aromatic carbocycles. The van der Waals surface area contributed by atoms with Crippen molar-refractivity contribution < 1.29 is 9.18 Å². The average molecular weight is 443 g/mol. The number of pyridine rings is 1. The molecule has 33 heavy (non-hydrogen) atoms. The quantitative estimate of drug-likeness (QED) is 0.409. The molecule has 0 bridgehead atoms. The zero-order valence-corrected chi connectivity index (χ0v) is 18.4. The molecule has 1 unspecified atom stereocenters. The van der Waals surface area contributed by atoms with Gasteiger partial charge >= 0.3 is 0 Å². The number of nitrogens with one attached hydrogen (secondary N) is 1. The number of carbonyl (C=O) groups excluding carboxylic acids is 1. The van der Waals surface area contributed by atoms with Crippen LogP contribution in [0.25, 0.3) is 21.9 Å². The van der Waals surface area contributed by atoms with E-state index in [-0.39, 0.29) is 5.82 Å². The predicted octanol–water partition coefficient (Wildman–Crippen LogP) is 5.82. The predicted molar refractivity (Wildman–Crippen MR) is 126 cm³/mol. The van der Waals surface area contributed by atoms with Crippen LogP contribution in [0.15, 0.2) is 48.7 Å². The Labute approximate surface area is 191 Å². The van der Waals surface area contributed by atoms with Crippen LogP contribution in [0.3, 0.4) is 0 Å². The first kappa shape index (κ1) is 20.3. The van der Waals surface area contributed by atoms with E-state index in [9.17, 15) is 9.18 Å². The molecule has 5 nitrogen and oxygen atoms in total. The number of imidazole rings is 1. The number of halogens is 1. The molecule has 0 aliphatic heterocycles. The molecule has 6 heteroatoms. The summed E-state index contributed by atoms with van der Waals surface area (Å²) in [5, 5.41) is 0.947. The van der Waals surface area contributed by atoms with Gasteiger partial charge in [0.05, 0.1) is 16.6 Å². The van der Waals surface area contributed by atoms with Gasteiger partial charge in [-0.15, -0.1) is 0 Å². The van der Waals surface area contributed by atoms with Crippen LogP contribution in [-0.2, 0) is 0 Å². The highest BCUT2D eigenvalue weighted by atomic mass is 19.1. The lowest BCUT2D eigenvalue weighted by Crippen LogP contribution is -2.22. The van der Waals surface area contributed by atoms with Crippen LogP contribution in [0.1, 0.15) is 72.1 Å². The van der Waals surface area contributed by atoms with Crippen molar-refractivity contribution in [3.05, 3.63) is 71.4 Å². The highest BCUT2D eigenvalue weighted by Crippen LogP contribution is 2.51. The van der Waals surface area contributed by atoms with Crippen molar-refractivity contribution in [3.8, 4) is 0 Å². The molecule has 1 atom stereocenters. The summed E-state index contributed by atoms with van der Waals surface area (Å²) in [5.74, 6) is 2.53. The zero-order valence-electron chi connectivity index (χ0n) is 18.4. The molecule has 2 saturated carbocycles. The van der Waals surface area contributed by atoms with Crippen molar-refractivity contribution in [2.24, 2.45) is 17.6 Å². The number of aromatic amines is 1. The van der Waals surface area contributed by atoms with Gasteiger partial charge in [-0.3, -0.25) is 9.78 Å². The SMILES string of the molecule is NC(=O)c1ccc2[nH]c(C(C3CC3)[C@H]3CC[C@@H](c4ccnc5ccc(F)cc54)CC3)nc2c1. The van der Waals surface area contributed by atoms with Crippen molar-refractivity contribution in [3.63, 3.8) is 0 Å². The number of nitrogens with two attached hydrogens (primary N) is 1. The van der Waals surface area contributed by atoms with Gasteiger partial charge in [-0.1, -0.05) is 0 Å². The normalized spacial score (nSPS) is 22.0. The van der Waals surface area contributed by atoms with Gasteiger partial charge in [0, 0.05) is 23.1 Å². The Morgan fingerprint density at radius 2 is 1.73 bits per heavy atom. The van der Waals surface area contributed by atoms with Gasteiger partial charge in [-0.2, -0.15) is 0 Å². The number of rotatable bonds is 5. The minimum atomic E-state index is -0.429. The third-order valence-corrected chi connectivity index (χ3v) is 7.69. The van der Waals surface area contributed by atoms with Crippen molar-refractivity contribution in [2.45, 2.75) is 50.4 Å². The largest absolute Gasteiger partial charge is 0.366 e. The Balaban J connectivity index is 1.25. The molecule has 0 saturated heterocycles. The summed E-state index contributed by atoms with van der Waals surface area (Å²) in [6.07, 6.45) is 8.81. The van der Waals surface area contributed by atoms with Crippen LogP contribution < -0.4 is 5.73 Å². The number of benzene rings is 2. The maximum Gasteiger partial charge on any atom is 0.248 e. The molecular weight excluding hydrogens is 415 g/mol. The van der Waals surface area contributed by atoms with Crippen LogP contribution in [0, 0.1) is 17.7 Å². The zero-order chi connectivity index (χ0) is 22.5. The smallest absolute Gasteiger partial charge is 0.248 e. The second-order valence-corrected chi connectivity index (χ2v) is 9.75. The van der Waals surface area contributed by atoms with E-state index in [1.54, 1.807) is 24.3 Å². The summed E-state index contributed by atoms with van der Waals surface area (Å²) < 4.78 is 13.9. The third-order valence-electron chi connectivity index (χ3n) is 7.69. The van der Waals surface area contributed by atoms with Gasteiger partial charge in [-0.05, 0) is 104 Å². The maximum atomic E-state index is 13.9. The highest BCUT2D eigenvalue weighted by Gasteiger charge is 2.41. The monoisotopic (exact) mass is 442 g/mol. The standard InChI is InChI=1S/C27H27FN4O/c28-19-8-10-22-21(14-19)20(11-12-30-22)15-1-3-16(4-2-15)25(17-5-6-17)27-31-23-9-7-18(26(29)33)13-24(23)32-27/h7-17,25H,1-6H2,(H2,29,33)(H,31,32)/t15-,16+,25?. The van der Waals surface area contributed by atoms with Gasteiger partial charge in [0.2, 0.25) is 5.91 Å². The number of nitrogens with zero attached hydrogens (tertiary/aromatic N) is 2. The number of aromatic nitrogens is 3. The van der Waals surface area contributed by atoms with Crippen LogP contribution >= 0.6 is 0 Å². The third kappa shape index (κ3) is 3.77. The fourth-order valence-electron chi connectivity index (χ4n) is 5.91. The average Bonchev–Trinajstić information content (AvgIpc) is 3.56. The van der Waals surface area contributed by atoms with Gasteiger partial charge in [-0.25, -0.2) is 9.37 Å². The van der Waals surface area contributed by atoms with E-state index in [4.69, 9.17) is 10.7 Å². The van der Waals surface area contributed by atoms with Crippen LogP contribution in [0.5, 0.6) is 0 Å². The van der Waals surface area contributed by atoms with E-state index < -0.39 is 5.91 Å². The Morgan fingerprint density at radius 1 is 0.970 bits per heavy atom. The maximum absolute atomic E-state index is 13.9. The second-order valence-electron chi connectivity index (χ2n) is 9.75. The Bertz CT molecular complexity index is 1350. The minimum Gasteiger partial charge on any atom is -0.366 e. The lowest BCUT2D eigenvalue weighted by atomic mass is 9.72. The molecule has 2 heterocycles. The van der Waals surface area contributed by atoms with Gasteiger partial charge in [0.1, 0.15) is 11.6 Å². The number of H-pyrrole nitrogens is 1. The van der Waals surface area contributed by atoms with E-state index in [0.29, 0.717) is 29.2 Å². The summed E-state index contributed by atoms with van der Waals surface area (Å²) in [6.45, 7) is 0. The molecule has 2 fully saturated rings. The van der Waals surface area contributed by atoms with Crippen molar-refractivity contribution in [2.75, 3.05) is 0 Å². The van der Waals surface area contributed by atoms with Gasteiger partial charge in [0.15, 0.2) is 0 Å². The number of fused-ring (bicyclic) bond motifs is 2. The first-order valence-corrected chi connectivity index (χ1v) is 11.9. The Hall–Kier alpha value is -3.28. The van der Waals surface area contributed by atoms with Gasteiger partial charge < -0.3 is 10.7 Å². The molecule has 168 valence electrons. The lowest BCUT2D eigenvalue weighted by molar-refractivity contribution is 0.100. The number of carbonyl (C=O) groups is 1. The molecule has 2 aliphatic carbocycles. The fraction of sp³-hybridized carbons (Fsp3) is 0.370. The van der Waals surface area contributed by atoms with Crippen LogP contribution in [-0.4, -0.2) is 20.9 Å². The summed E-state index contributed by atoms with van der Waals surface area (Å²) in [6, 6.07) is 12.4. The molecular formula is C27H27FN4O. The summed E-state index contributed by atoms with van der Waals surface area (Å²) >= 11 is 0. The minimum absolute atomic E-state index is 0.205. The van der Waals surface area contributed by atoms with Crippen LogP contribution in [0.2, 0.25) is 0 Å². The lowest BCUT2D eigenvalue weighted by Gasteiger charge is -2.34. The van der Waals surface area contributed by atoms with E-state index in [1.165, 1.54) is 24.5 Å². The second kappa shape index (κ2) is 7.94. The molecule has 2 aliphatic rings. The van der Waals surface area contributed by atoms with E-state index in [1.807, 2.05) is 12.3 Å². The number of hydrogen-bond acceptors (Lipinski definition) is 3. The molecule has 1 amide bonds. The molecule has 4 aromatic rings. The van der Waals surface area contributed by atoms with Crippen molar-refractivity contribution in [1.29, 1.82) is 0 Å². The number of primary amides is 1. The topological polar surface area (TPSA) is 84.7 Å². The van der Waals surface area contributed by atoms with Crippen molar-refractivity contribution in [1.82, 2.24) is 15.0 Å². The number of amides is 1. The fourth-order valence-corrected chi connectivity index (χ4v) is 5.91. The summed E-state index contributed by atoms with van der Waals surface area (Å²) in [5.41, 5.74) is 9.80. The first-order chi connectivity index (χ1) is 16.1. The van der Waals surface area contributed by atoms with Crippen molar-refractivity contribution >= 4 is 27.8 Å². The van der Waals surface area contributed by atoms with E-state index in [2.05, 4.69) is 16.0 Å². The van der Waals surface area contributed by atoms with Crippen LogP contribution in [0.4, 0.5) is 4.39 Å². The highest BCUT2D eigenvalue weighted by molar-refractivity contribution is 5.96. The summed E-state index contributed by atoms with van der Waals surface area (Å²) in [4.78, 5) is 24.4. The summed E-state index contributed by atoms with van der Waals surface area (Å²) in [7, 11) is 0. The van der Waals surface area contributed by atoms with Gasteiger partial charge in [0.25, 0.3) is 0 Å². The molecule has 0 radical (unpaired) electrons. The molecule has 6 rings (SSSR count). The van der Waals surface area contributed by atoms with E-state index >= 15 is 0 Å². The molecule has 3 N–H and O–H groups in total. The van der Waals surface area contributed by atoms with E-state index in [0.717, 1.165) is 53.4 Å². The molecule has 0 spiro atoms. The number of hydrogen-bond donors (Lipinski definition) is 2. The first-order valence-electron chi connectivity index (χ1n) is 11.9. The Morgan fingerprint density at radius 3 is 2.45 bits per heavy atom. The Kier molecular flexibility index (Phi) is 4.89.